The van der Waals surface area contributed by atoms with E-state index in [0.29, 0.717) is 23.5 Å². The first-order valence-electron chi connectivity index (χ1n) is 33.9. The number of carbonyl (C=O) groups excluding carboxylic acids is 1. The van der Waals surface area contributed by atoms with Crippen molar-refractivity contribution < 1.29 is 9.53 Å². The molecule has 2 nitrogen and oxygen atoms in total. The SMILES string of the molecule is C=C(CCCc1ccccc1)C(C)CC.C=C(Cc1ccccc1)C(C)(C)CC.C=C(Cc1ccccc1)C(C)CC.CC.CC.CC.CC.CC.CCC(C)(C)C(=O)Oc1ccc2ccccc2c1.CCC(C)c1cccc2c1Cc1ccccc1-2. The molecule has 7 aromatic rings. The number of hydrogen-bond acceptors (Lipinski definition) is 2. The van der Waals surface area contributed by atoms with Gasteiger partial charge in [0.15, 0.2) is 0 Å². The maximum atomic E-state index is 12.0. The lowest BCUT2D eigenvalue weighted by Gasteiger charge is -2.25. The van der Waals surface area contributed by atoms with Crippen molar-refractivity contribution in [3.05, 3.63) is 246 Å². The van der Waals surface area contributed by atoms with E-state index in [9.17, 15) is 4.79 Å². The first-order chi connectivity index (χ1) is 41.9. The Morgan fingerprint density at radius 1 is 0.471 bits per heavy atom. The Hall–Kier alpha value is -6.51. The molecule has 478 valence electrons. The van der Waals surface area contributed by atoms with Crippen LogP contribution >= 0.6 is 0 Å². The average molecular weight is 1180 g/mol. The highest BCUT2D eigenvalue weighted by Gasteiger charge is 2.28. The van der Waals surface area contributed by atoms with Crippen molar-refractivity contribution in [3.8, 4) is 16.9 Å². The molecule has 0 N–H and O–H groups in total. The second-order valence-electron chi connectivity index (χ2n) is 22.6. The molecule has 1 aliphatic rings. The van der Waals surface area contributed by atoms with Gasteiger partial charge in [-0.2, -0.15) is 0 Å². The van der Waals surface area contributed by atoms with Gasteiger partial charge in [-0.15, -0.1) is 0 Å². The Morgan fingerprint density at radius 3 is 1.43 bits per heavy atom. The molecular formula is C85H126O2. The van der Waals surface area contributed by atoms with Crippen LogP contribution in [0, 0.1) is 22.7 Å². The summed E-state index contributed by atoms with van der Waals surface area (Å²) in [6.07, 6.45) is 12.2. The van der Waals surface area contributed by atoms with Gasteiger partial charge in [0.2, 0.25) is 0 Å². The third-order valence-electron chi connectivity index (χ3n) is 16.2. The highest BCUT2D eigenvalue weighted by Crippen LogP contribution is 2.40. The van der Waals surface area contributed by atoms with E-state index in [1.165, 1.54) is 88.6 Å². The van der Waals surface area contributed by atoms with Crippen LogP contribution in [-0.2, 0) is 30.5 Å². The summed E-state index contributed by atoms with van der Waals surface area (Å²) >= 11 is 0. The van der Waals surface area contributed by atoms with Gasteiger partial charge in [0.1, 0.15) is 5.75 Å². The van der Waals surface area contributed by atoms with E-state index < -0.39 is 5.41 Å². The third-order valence-corrected chi connectivity index (χ3v) is 16.2. The van der Waals surface area contributed by atoms with Gasteiger partial charge in [0.25, 0.3) is 0 Å². The first kappa shape index (κ1) is 82.6. The lowest BCUT2D eigenvalue weighted by atomic mass is 9.80. The first-order valence-corrected chi connectivity index (χ1v) is 33.9. The summed E-state index contributed by atoms with van der Waals surface area (Å²) in [5.74, 6) is 2.42. The van der Waals surface area contributed by atoms with Crippen LogP contribution in [0.5, 0.6) is 5.75 Å². The molecule has 0 bridgehead atoms. The maximum Gasteiger partial charge on any atom is 0.316 e. The highest BCUT2D eigenvalue weighted by atomic mass is 16.5. The minimum Gasteiger partial charge on any atom is -0.426 e. The Bertz CT molecular complexity index is 2870. The average Bonchev–Trinajstić information content (AvgIpc) is 1.78. The van der Waals surface area contributed by atoms with Gasteiger partial charge in [0.05, 0.1) is 5.41 Å². The Balaban J connectivity index is 0. The van der Waals surface area contributed by atoms with Gasteiger partial charge in [-0.25, -0.2) is 0 Å². The van der Waals surface area contributed by atoms with Crippen LogP contribution in [-0.4, -0.2) is 5.97 Å². The van der Waals surface area contributed by atoms with Gasteiger partial charge in [-0.05, 0) is 175 Å². The predicted molar refractivity (Wildman–Crippen MR) is 394 cm³/mol. The molecule has 3 unspecified atom stereocenters. The maximum absolute atomic E-state index is 12.0. The molecule has 8 rings (SSSR count). The number of hydrogen-bond donors (Lipinski definition) is 0. The molecule has 0 aromatic heterocycles. The summed E-state index contributed by atoms with van der Waals surface area (Å²) in [6, 6.07) is 61.1. The Labute approximate surface area is 537 Å². The van der Waals surface area contributed by atoms with E-state index in [0.717, 1.165) is 42.9 Å². The summed E-state index contributed by atoms with van der Waals surface area (Å²) in [7, 11) is 0. The van der Waals surface area contributed by atoms with Crippen LogP contribution in [0.15, 0.2) is 212 Å². The summed E-state index contributed by atoms with van der Waals surface area (Å²) < 4.78 is 5.44. The van der Waals surface area contributed by atoms with Crippen LogP contribution in [0.4, 0.5) is 0 Å². The van der Waals surface area contributed by atoms with Crippen LogP contribution in [0.3, 0.4) is 0 Å². The molecule has 0 saturated carbocycles. The molecule has 0 amide bonds. The van der Waals surface area contributed by atoms with Crippen molar-refractivity contribution in [2.24, 2.45) is 22.7 Å². The fraction of sp³-hybridized carbons (Fsp3) is 0.447. The van der Waals surface area contributed by atoms with Crippen molar-refractivity contribution in [2.75, 3.05) is 0 Å². The molecule has 0 saturated heterocycles. The van der Waals surface area contributed by atoms with Crippen LogP contribution in [0.25, 0.3) is 21.9 Å². The fourth-order valence-corrected chi connectivity index (χ4v) is 8.84. The minimum absolute atomic E-state index is 0.180. The van der Waals surface area contributed by atoms with Crippen molar-refractivity contribution >= 4 is 16.7 Å². The van der Waals surface area contributed by atoms with Crippen molar-refractivity contribution in [1.29, 1.82) is 0 Å². The molecule has 1 aliphatic carbocycles. The molecule has 0 fully saturated rings. The highest BCUT2D eigenvalue weighted by molar-refractivity contribution is 5.85. The summed E-state index contributed by atoms with van der Waals surface area (Å²) in [6.45, 7) is 58.5. The summed E-state index contributed by atoms with van der Waals surface area (Å²) in [4.78, 5) is 12.0. The smallest absolute Gasteiger partial charge is 0.316 e. The molecule has 87 heavy (non-hydrogen) atoms. The number of aryl methyl sites for hydroxylation is 1. The number of fused-ring (bicyclic) bond motifs is 4. The zero-order valence-electron chi connectivity index (χ0n) is 59.7. The molecular weight excluding hydrogens is 1050 g/mol. The van der Waals surface area contributed by atoms with Crippen LogP contribution < -0.4 is 4.74 Å². The van der Waals surface area contributed by atoms with E-state index in [-0.39, 0.29) is 11.4 Å². The number of allylic oxidation sites excluding steroid dienone is 3. The van der Waals surface area contributed by atoms with Gasteiger partial charge in [-0.3, -0.25) is 4.79 Å². The van der Waals surface area contributed by atoms with E-state index in [2.05, 4.69) is 216 Å². The van der Waals surface area contributed by atoms with E-state index in [1.54, 1.807) is 11.1 Å². The molecule has 0 aliphatic heterocycles. The van der Waals surface area contributed by atoms with Gasteiger partial charge in [-0.1, -0.05) is 339 Å². The Morgan fingerprint density at radius 2 is 0.920 bits per heavy atom. The quantitative estimate of drug-likeness (QED) is 0.0458. The number of rotatable bonds is 19. The minimum atomic E-state index is -0.439. The number of ether oxygens (including phenoxy) is 1. The lowest BCUT2D eigenvalue weighted by molar-refractivity contribution is -0.144. The lowest BCUT2D eigenvalue weighted by Crippen LogP contribution is -2.28. The monoisotopic (exact) mass is 1180 g/mol. The topological polar surface area (TPSA) is 26.3 Å². The van der Waals surface area contributed by atoms with Gasteiger partial charge in [0, 0.05) is 0 Å². The second kappa shape index (κ2) is 48.5. The zero-order valence-corrected chi connectivity index (χ0v) is 59.7. The number of carbonyl (C=O) groups is 1. The molecule has 7 aromatic carbocycles. The van der Waals surface area contributed by atoms with E-state index in [1.807, 2.05) is 132 Å². The predicted octanol–water partition coefficient (Wildman–Crippen LogP) is 26.7. The number of esters is 1. The second-order valence-corrected chi connectivity index (χ2v) is 22.6. The number of benzene rings is 7. The summed E-state index contributed by atoms with van der Waals surface area (Å²) in [5, 5.41) is 2.23. The zero-order chi connectivity index (χ0) is 66.4. The molecule has 0 spiro atoms. The summed E-state index contributed by atoms with van der Waals surface area (Å²) in [5.41, 5.74) is 15.5. The van der Waals surface area contributed by atoms with E-state index in [4.69, 9.17) is 4.74 Å². The normalized spacial score (nSPS) is 11.3. The Kier molecular flexibility index (Phi) is 46.0. The molecule has 2 heteroatoms. The largest absolute Gasteiger partial charge is 0.426 e. The standard InChI is InChI=1S/C17H18.C16H18O2.C15H22.C14H20.C13H18.5C2H6/c1-3-12(2)14-9-6-10-16-15-8-5-4-7-13(15)11-17(14)16;1-4-16(2,3)15(17)18-14-10-9-12-7-5-6-8-13(12)11-14;1-4-13(2)14(3)9-8-12-15-10-6-5-7-11-15;1-5-14(3,4)12(2)11-13-9-7-6-8-10-13;1-4-11(2)12(3)10-13-8-6-5-7-9-13;5*1-2/h4-10,12H,3,11H2,1-2H3;5-11H,4H2,1-3H3;5-7,10-11,13H,3-4,8-9,12H2,1-2H3;6-10H,2,5,11H2,1,3-4H3;5-9,11H,3-4,10H2,1-2H3;5*1-2H3. The van der Waals surface area contributed by atoms with Gasteiger partial charge >= 0.3 is 5.97 Å². The fourth-order valence-electron chi connectivity index (χ4n) is 8.84. The molecule has 0 heterocycles. The van der Waals surface area contributed by atoms with E-state index >= 15 is 0 Å². The van der Waals surface area contributed by atoms with Crippen molar-refractivity contribution in [2.45, 2.75) is 229 Å². The third kappa shape index (κ3) is 30.8. The molecule has 0 radical (unpaired) electrons. The van der Waals surface area contributed by atoms with Crippen LogP contribution in [0.2, 0.25) is 0 Å². The van der Waals surface area contributed by atoms with Crippen LogP contribution in [0.1, 0.15) is 237 Å². The van der Waals surface area contributed by atoms with Gasteiger partial charge < -0.3 is 4.74 Å². The van der Waals surface area contributed by atoms with Crippen molar-refractivity contribution in [1.82, 2.24) is 0 Å². The molecule has 3 atom stereocenters. The van der Waals surface area contributed by atoms with Crippen molar-refractivity contribution in [3.63, 3.8) is 0 Å².